The van der Waals surface area contributed by atoms with Gasteiger partial charge in [0.1, 0.15) is 0 Å². The van der Waals surface area contributed by atoms with E-state index in [1.54, 1.807) is 12.4 Å². The van der Waals surface area contributed by atoms with Crippen LogP contribution in [-0.4, -0.2) is 17.7 Å². The number of carbonyl (C=O) groups is 1. The Morgan fingerprint density at radius 1 is 1.21 bits per heavy atom. The summed E-state index contributed by atoms with van der Waals surface area (Å²) < 4.78 is 5.11. The smallest absolute Gasteiger partial charge is 0.411 e. The van der Waals surface area contributed by atoms with Crippen LogP contribution < -0.4 is 5.32 Å². The second-order valence-corrected chi connectivity index (χ2v) is 4.23. The summed E-state index contributed by atoms with van der Waals surface area (Å²) in [6.07, 6.45) is 3.70. The molecule has 1 heterocycles. The quantitative estimate of drug-likeness (QED) is 0.914. The van der Waals surface area contributed by atoms with Crippen molar-refractivity contribution in [1.29, 1.82) is 0 Å². The van der Waals surface area contributed by atoms with E-state index in [9.17, 15) is 4.79 Å². The molecule has 0 saturated heterocycles. The Balaban J connectivity index is 0.00000200. The Labute approximate surface area is 113 Å². The molecule has 2 aromatic rings. The van der Waals surface area contributed by atoms with Crippen molar-refractivity contribution in [2.75, 3.05) is 11.9 Å². The number of aromatic nitrogens is 1. The maximum Gasteiger partial charge on any atom is 0.411 e. The van der Waals surface area contributed by atoms with Crippen molar-refractivity contribution in [3.8, 4) is 0 Å². The summed E-state index contributed by atoms with van der Waals surface area (Å²) >= 11 is 0. The zero-order valence-corrected chi connectivity index (χ0v) is 10.8. The van der Waals surface area contributed by atoms with E-state index in [1.165, 1.54) is 0 Å². The fourth-order valence-corrected chi connectivity index (χ4v) is 1.60. The van der Waals surface area contributed by atoms with Crippen LogP contribution in [0.15, 0.2) is 48.8 Å². The SMILES string of the molecule is Cc1ccc(NC(=O)OCCc2ccncc2)cc1.[HH]. The van der Waals surface area contributed by atoms with Crippen LogP contribution in [0.4, 0.5) is 10.5 Å². The molecule has 0 aliphatic carbocycles. The van der Waals surface area contributed by atoms with Gasteiger partial charge >= 0.3 is 6.09 Å². The van der Waals surface area contributed by atoms with Gasteiger partial charge in [-0.1, -0.05) is 17.7 Å². The van der Waals surface area contributed by atoms with E-state index in [1.807, 2.05) is 43.3 Å². The summed E-state index contributed by atoms with van der Waals surface area (Å²) in [4.78, 5) is 15.5. The summed E-state index contributed by atoms with van der Waals surface area (Å²) in [7, 11) is 0. The second-order valence-electron chi connectivity index (χ2n) is 4.23. The number of nitrogens with one attached hydrogen (secondary N) is 1. The predicted molar refractivity (Wildman–Crippen MR) is 76.2 cm³/mol. The Morgan fingerprint density at radius 3 is 2.58 bits per heavy atom. The molecule has 1 N–H and O–H groups in total. The molecule has 100 valence electrons. The predicted octanol–water partition coefficient (Wildman–Crippen LogP) is 3.43. The van der Waals surface area contributed by atoms with E-state index < -0.39 is 6.09 Å². The van der Waals surface area contributed by atoms with Crippen LogP contribution in [0.5, 0.6) is 0 Å². The van der Waals surface area contributed by atoms with Crippen molar-refractivity contribution >= 4 is 11.8 Å². The third-order valence-electron chi connectivity index (χ3n) is 2.67. The fraction of sp³-hybridized carbons (Fsp3) is 0.200. The number of pyridine rings is 1. The van der Waals surface area contributed by atoms with Crippen molar-refractivity contribution in [1.82, 2.24) is 4.98 Å². The van der Waals surface area contributed by atoms with Crippen LogP contribution in [0.2, 0.25) is 0 Å². The van der Waals surface area contributed by atoms with E-state index in [0.29, 0.717) is 13.0 Å². The molecule has 0 aliphatic rings. The largest absolute Gasteiger partial charge is 0.449 e. The van der Waals surface area contributed by atoms with Crippen LogP contribution in [-0.2, 0) is 11.2 Å². The molecule has 1 aromatic heterocycles. The van der Waals surface area contributed by atoms with E-state index in [4.69, 9.17) is 4.74 Å². The molecule has 0 saturated carbocycles. The first-order valence-corrected chi connectivity index (χ1v) is 6.13. The van der Waals surface area contributed by atoms with Gasteiger partial charge in [0.05, 0.1) is 6.61 Å². The first kappa shape index (κ1) is 13.1. The minimum absolute atomic E-state index is 0. The average molecular weight is 258 g/mol. The number of amides is 1. The second kappa shape index (κ2) is 6.54. The third-order valence-corrected chi connectivity index (χ3v) is 2.67. The summed E-state index contributed by atoms with van der Waals surface area (Å²) in [6, 6.07) is 11.4. The molecule has 0 aliphatic heterocycles. The fourth-order valence-electron chi connectivity index (χ4n) is 1.60. The molecule has 4 nitrogen and oxygen atoms in total. The molecule has 0 unspecified atom stereocenters. The molecule has 0 radical (unpaired) electrons. The molecule has 4 heteroatoms. The van der Waals surface area contributed by atoms with Crippen LogP contribution in [0.3, 0.4) is 0 Å². The number of anilines is 1. The molecule has 0 atom stereocenters. The minimum Gasteiger partial charge on any atom is -0.449 e. The van der Waals surface area contributed by atoms with Gasteiger partial charge in [0.2, 0.25) is 0 Å². The lowest BCUT2D eigenvalue weighted by Gasteiger charge is -2.07. The van der Waals surface area contributed by atoms with Crippen molar-refractivity contribution in [2.45, 2.75) is 13.3 Å². The normalized spacial score (nSPS) is 9.95. The van der Waals surface area contributed by atoms with E-state index in [2.05, 4.69) is 10.3 Å². The van der Waals surface area contributed by atoms with Gasteiger partial charge in [-0.2, -0.15) is 0 Å². The molecule has 19 heavy (non-hydrogen) atoms. The lowest BCUT2D eigenvalue weighted by atomic mass is 10.2. The number of aryl methyl sites for hydroxylation is 1. The molecule has 1 amide bonds. The lowest BCUT2D eigenvalue weighted by Crippen LogP contribution is -2.15. The number of nitrogens with zero attached hydrogens (tertiary/aromatic N) is 1. The molecular formula is C15H18N2O2. The van der Waals surface area contributed by atoms with Crippen LogP contribution in [0, 0.1) is 6.92 Å². The first-order valence-electron chi connectivity index (χ1n) is 6.13. The topological polar surface area (TPSA) is 51.2 Å². The van der Waals surface area contributed by atoms with Crippen LogP contribution >= 0.6 is 0 Å². The van der Waals surface area contributed by atoms with Crippen molar-refractivity contribution in [3.63, 3.8) is 0 Å². The summed E-state index contributed by atoms with van der Waals surface area (Å²) in [5.74, 6) is 0. The van der Waals surface area contributed by atoms with Gasteiger partial charge in [0.25, 0.3) is 0 Å². The number of rotatable bonds is 4. The summed E-state index contributed by atoms with van der Waals surface area (Å²) in [6.45, 7) is 2.35. The summed E-state index contributed by atoms with van der Waals surface area (Å²) in [5.41, 5.74) is 2.98. The molecule has 0 fully saturated rings. The monoisotopic (exact) mass is 258 g/mol. The van der Waals surface area contributed by atoms with Crippen molar-refractivity contribution in [3.05, 3.63) is 59.9 Å². The maximum atomic E-state index is 11.5. The number of benzene rings is 1. The molecule has 2 rings (SSSR count). The highest BCUT2D eigenvalue weighted by atomic mass is 16.5. The van der Waals surface area contributed by atoms with E-state index in [-0.39, 0.29) is 1.43 Å². The molecule has 0 spiro atoms. The van der Waals surface area contributed by atoms with E-state index >= 15 is 0 Å². The van der Waals surface area contributed by atoms with Gasteiger partial charge in [-0.15, -0.1) is 0 Å². The zero-order chi connectivity index (χ0) is 13.5. The maximum absolute atomic E-state index is 11.5. The molecule has 1 aromatic carbocycles. The third kappa shape index (κ3) is 4.43. The number of ether oxygens (including phenoxy) is 1. The number of hydrogen-bond donors (Lipinski definition) is 1. The van der Waals surface area contributed by atoms with Gasteiger partial charge in [0.15, 0.2) is 0 Å². The van der Waals surface area contributed by atoms with Crippen molar-refractivity contribution < 1.29 is 11.0 Å². The van der Waals surface area contributed by atoms with Gasteiger partial charge in [0, 0.05) is 25.9 Å². The van der Waals surface area contributed by atoms with E-state index in [0.717, 1.165) is 16.8 Å². The Hall–Kier alpha value is -2.36. The average Bonchev–Trinajstić information content (AvgIpc) is 2.43. The summed E-state index contributed by atoms with van der Waals surface area (Å²) in [5, 5.41) is 2.68. The Morgan fingerprint density at radius 2 is 1.89 bits per heavy atom. The standard InChI is InChI=1S/C15H16N2O2.H2/c1-12-2-4-14(5-3-12)17-15(18)19-11-8-13-6-9-16-10-7-13;/h2-7,9-10H,8,11H2,1H3,(H,17,18);1H. The lowest BCUT2D eigenvalue weighted by molar-refractivity contribution is 0.163. The molecular weight excluding hydrogens is 240 g/mol. The zero-order valence-electron chi connectivity index (χ0n) is 10.8. The molecule has 0 bridgehead atoms. The van der Waals surface area contributed by atoms with Gasteiger partial charge < -0.3 is 4.74 Å². The van der Waals surface area contributed by atoms with Crippen molar-refractivity contribution in [2.24, 2.45) is 0 Å². The minimum atomic E-state index is -0.432. The Bertz CT molecular complexity index is 529. The highest BCUT2D eigenvalue weighted by Crippen LogP contribution is 2.08. The first-order chi connectivity index (χ1) is 9.24. The highest BCUT2D eigenvalue weighted by molar-refractivity contribution is 5.84. The Kier molecular flexibility index (Phi) is 4.50. The van der Waals surface area contributed by atoms with Crippen LogP contribution in [0.1, 0.15) is 12.6 Å². The van der Waals surface area contributed by atoms with Gasteiger partial charge in [-0.05, 0) is 36.8 Å². The van der Waals surface area contributed by atoms with Gasteiger partial charge in [-0.3, -0.25) is 10.3 Å². The van der Waals surface area contributed by atoms with Crippen LogP contribution in [0.25, 0.3) is 0 Å². The number of carbonyl (C=O) groups excluding carboxylic acids is 1. The van der Waals surface area contributed by atoms with Gasteiger partial charge in [-0.25, -0.2) is 4.79 Å². The number of hydrogen-bond acceptors (Lipinski definition) is 3. The highest BCUT2D eigenvalue weighted by Gasteiger charge is 2.02.